The third kappa shape index (κ3) is 4.70. The van der Waals surface area contributed by atoms with Gasteiger partial charge in [0.05, 0.1) is 13.7 Å². The number of aryl methyl sites for hydroxylation is 1. The number of H-pyrrole nitrogens is 1. The Morgan fingerprint density at radius 1 is 1.28 bits per heavy atom. The van der Waals surface area contributed by atoms with Crippen molar-refractivity contribution < 1.29 is 19.8 Å². The van der Waals surface area contributed by atoms with Gasteiger partial charge >= 0.3 is 0 Å². The lowest BCUT2D eigenvalue weighted by Crippen LogP contribution is -2.32. The van der Waals surface area contributed by atoms with Gasteiger partial charge in [-0.1, -0.05) is 18.2 Å². The summed E-state index contributed by atoms with van der Waals surface area (Å²) in [7, 11) is 1.68. The number of hydroxylamine groups is 1. The fraction of sp³-hybridized carbons (Fsp3) is 0.320. The van der Waals surface area contributed by atoms with Crippen LogP contribution in [0.3, 0.4) is 0 Å². The van der Waals surface area contributed by atoms with Crippen molar-refractivity contribution in [3.63, 3.8) is 0 Å². The number of nitrogens with one attached hydrogen (secondary N) is 2. The highest BCUT2D eigenvalue weighted by molar-refractivity contribution is 5.90. The molecular formula is C25H29N3O4. The predicted molar refractivity (Wildman–Crippen MR) is 124 cm³/mol. The van der Waals surface area contributed by atoms with E-state index >= 15 is 0 Å². The summed E-state index contributed by atoms with van der Waals surface area (Å²) in [4.78, 5) is 16.9. The fourth-order valence-corrected chi connectivity index (χ4v) is 4.61. The van der Waals surface area contributed by atoms with Crippen molar-refractivity contribution in [2.45, 2.75) is 25.3 Å². The first-order chi connectivity index (χ1) is 15.6. The van der Waals surface area contributed by atoms with Crippen molar-refractivity contribution in [3.05, 3.63) is 70.9 Å². The molecule has 0 bridgehead atoms. The second kappa shape index (κ2) is 9.99. The van der Waals surface area contributed by atoms with Crippen molar-refractivity contribution in [2.24, 2.45) is 0 Å². The number of aliphatic hydroxyl groups excluding tert-OH is 1. The van der Waals surface area contributed by atoms with Gasteiger partial charge in [0.1, 0.15) is 5.75 Å². The quantitative estimate of drug-likeness (QED) is 0.235. The molecule has 3 aromatic rings. The summed E-state index contributed by atoms with van der Waals surface area (Å²) in [5, 5.41) is 19.5. The first-order valence-corrected chi connectivity index (χ1v) is 10.9. The molecule has 4 rings (SSSR count). The van der Waals surface area contributed by atoms with Gasteiger partial charge in [0, 0.05) is 42.3 Å². The highest BCUT2D eigenvalue weighted by atomic mass is 16.5. The van der Waals surface area contributed by atoms with E-state index in [1.165, 1.54) is 28.2 Å². The van der Waals surface area contributed by atoms with E-state index in [1.54, 1.807) is 18.7 Å². The van der Waals surface area contributed by atoms with Gasteiger partial charge in [0.25, 0.3) is 5.91 Å². The van der Waals surface area contributed by atoms with E-state index in [4.69, 9.17) is 9.94 Å². The maximum Gasteiger partial charge on any atom is 0.267 e. The number of carbonyl (C=O) groups excluding carboxylic acids is 1. The van der Waals surface area contributed by atoms with Gasteiger partial charge in [-0.2, -0.15) is 0 Å². The predicted octanol–water partition coefficient (Wildman–Crippen LogP) is 3.22. The molecule has 0 spiro atoms. The van der Waals surface area contributed by atoms with Gasteiger partial charge in [-0.05, 0) is 65.8 Å². The number of methoxy groups -OCH3 is 1. The van der Waals surface area contributed by atoms with E-state index in [0.717, 1.165) is 42.6 Å². The highest BCUT2D eigenvalue weighted by Gasteiger charge is 2.27. The number of carbonyl (C=O) groups is 1. The number of hydrogen-bond acceptors (Lipinski definition) is 5. The molecule has 1 heterocycles. The number of aromatic amines is 1. The van der Waals surface area contributed by atoms with Crippen molar-refractivity contribution in [3.8, 4) is 5.75 Å². The van der Waals surface area contributed by atoms with Gasteiger partial charge in [0.2, 0.25) is 0 Å². The van der Waals surface area contributed by atoms with Gasteiger partial charge in [0.15, 0.2) is 0 Å². The lowest BCUT2D eigenvalue weighted by Gasteiger charge is -2.29. The maximum absolute atomic E-state index is 11.2. The molecule has 0 saturated carbocycles. The number of nitrogens with zero attached hydrogens (tertiary/aromatic N) is 1. The van der Waals surface area contributed by atoms with Gasteiger partial charge in [-0.25, -0.2) is 5.48 Å². The van der Waals surface area contributed by atoms with Crippen LogP contribution in [0.1, 0.15) is 34.7 Å². The molecule has 0 saturated heterocycles. The Morgan fingerprint density at radius 3 is 2.94 bits per heavy atom. The number of aromatic nitrogens is 1. The van der Waals surface area contributed by atoms with E-state index in [1.807, 2.05) is 18.2 Å². The smallest absolute Gasteiger partial charge is 0.267 e. The van der Waals surface area contributed by atoms with E-state index in [2.05, 4.69) is 34.3 Å². The Labute approximate surface area is 187 Å². The zero-order valence-corrected chi connectivity index (χ0v) is 18.2. The number of fused-ring (bicyclic) bond motifs is 2. The van der Waals surface area contributed by atoms with Gasteiger partial charge < -0.3 is 14.8 Å². The van der Waals surface area contributed by atoms with Crippen molar-refractivity contribution >= 4 is 22.9 Å². The Bertz CT molecular complexity index is 1120. The summed E-state index contributed by atoms with van der Waals surface area (Å²) in [6.07, 6.45) is 7.89. The monoisotopic (exact) mass is 435 g/mol. The number of ether oxygens (including phenoxy) is 1. The normalized spacial score (nSPS) is 15.6. The molecule has 7 heteroatoms. The van der Waals surface area contributed by atoms with Crippen molar-refractivity contribution in [2.75, 3.05) is 26.8 Å². The number of rotatable bonds is 9. The molecule has 7 nitrogen and oxygen atoms in total. The first kappa shape index (κ1) is 22.1. The number of benzene rings is 2. The van der Waals surface area contributed by atoms with Crippen LogP contribution in [0.25, 0.3) is 17.0 Å². The Balaban J connectivity index is 1.50. The van der Waals surface area contributed by atoms with E-state index in [-0.39, 0.29) is 12.6 Å². The van der Waals surface area contributed by atoms with Crippen molar-refractivity contribution in [1.29, 1.82) is 0 Å². The van der Waals surface area contributed by atoms with Crippen LogP contribution < -0.4 is 10.2 Å². The summed E-state index contributed by atoms with van der Waals surface area (Å²) in [5.41, 5.74) is 7.40. The Morgan fingerprint density at radius 2 is 2.16 bits per heavy atom. The molecule has 1 unspecified atom stereocenters. The zero-order valence-electron chi connectivity index (χ0n) is 18.2. The highest BCUT2D eigenvalue weighted by Crippen LogP contribution is 2.36. The molecule has 0 radical (unpaired) electrons. The van der Waals surface area contributed by atoms with Crippen LogP contribution in [0.2, 0.25) is 0 Å². The molecule has 0 fully saturated rings. The number of aliphatic hydroxyl groups is 1. The molecule has 0 aliphatic heterocycles. The van der Waals surface area contributed by atoms with Crippen LogP contribution in [0.5, 0.6) is 5.75 Å². The van der Waals surface area contributed by atoms with Gasteiger partial charge in [-0.3, -0.25) is 14.9 Å². The number of hydrogen-bond donors (Lipinski definition) is 4. The average Bonchev–Trinajstić information content (AvgIpc) is 3.43. The zero-order chi connectivity index (χ0) is 22.5. The Kier molecular flexibility index (Phi) is 6.90. The Hall–Kier alpha value is -3.13. The lowest BCUT2D eigenvalue weighted by molar-refractivity contribution is -0.124. The molecule has 1 atom stereocenters. The average molecular weight is 436 g/mol. The van der Waals surface area contributed by atoms with Gasteiger partial charge in [-0.15, -0.1) is 0 Å². The van der Waals surface area contributed by atoms with E-state index in [9.17, 15) is 9.90 Å². The molecule has 1 aromatic heterocycles. The molecular weight excluding hydrogens is 406 g/mol. The summed E-state index contributed by atoms with van der Waals surface area (Å²) in [6.45, 7) is 1.58. The van der Waals surface area contributed by atoms with Crippen LogP contribution in [-0.2, 0) is 17.6 Å². The molecule has 32 heavy (non-hydrogen) atoms. The minimum atomic E-state index is -0.549. The van der Waals surface area contributed by atoms with E-state index in [0.29, 0.717) is 6.54 Å². The summed E-state index contributed by atoms with van der Waals surface area (Å²) < 4.78 is 5.38. The minimum absolute atomic E-state index is 0.116. The topological polar surface area (TPSA) is 97.8 Å². The SMILES string of the molecule is COc1ccc2[nH]cc(CCN(CCO)C3CCc4cc(/C=C/C(=O)NO)ccc43)c2c1. The van der Waals surface area contributed by atoms with Crippen LogP contribution in [-0.4, -0.2) is 52.9 Å². The molecule has 1 aliphatic carbocycles. The molecule has 168 valence electrons. The standard InChI is InChI=1S/C25H29N3O4/c1-32-20-5-7-23-22(15-20)19(16-26-23)10-11-28(12-13-29)24-8-4-18-14-17(2-6-21(18)24)3-9-25(30)27-31/h2-3,5-7,9,14-16,24,26,29,31H,4,8,10-13H2,1H3,(H,27,30)/b9-3+. The summed E-state index contributed by atoms with van der Waals surface area (Å²) in [5.74, 6) is 0.295. The third-order valence-electron chi connectivity index (χ3n) is 6.22. The van der Waals surface area contributed by atoms with Crippen LogP contribution in [0.15, 0.2) is 48.7 Å². The minimum Gasteiger partial charge on any atom is -0.497 e. The summed E-state index contributed by atoms with van der Waals surface area (Å²) >= 11 is 0. The number of amides is 1. The molecule has 1 aliphatic rings. The largest absolute Gasteiger partial charge is 0.497 e. The second-order valence-corrected chi connectivity index (χ2v) is 8.06. The fourth-order valence-electron chi connectivity index (χ4n) is 4.61. The van der Waals surface area contributed by atoms with E-state index < -0.39 is 5.91 Å². The second-order valence-electron chi connectivity index (χ2n) is 8.06. The van der Waals surface area contributed by atoms with Crippen LogP contribution in [0, 0.1) is 0 Å². The molecule has 4 N–H and O–H groups in total. The van der Waals surface area contributed by atoms with Crippen molar-refractivity contribution in [1.82, 2.24) is 15.4 Å². The first-order valence-electron chi connectivity index (χ1n) is 10.9. The lowest BCUT2D eigenvalue weighted by atomic mass is 10.0. The molecule has 2 aromatic carbocycles. The van der Waals surface area contributed by atoms with Crippen LogP contribution >= 0.6 is 0 Å². The third-order valence-corrected chi connectivity index (χ3v) is 6.22. The molecule has 1 amide bonds. The maximum atomic E-state index is 11.2. The summed E-state index contributed by atoms with van der Waals surface area (Å²) in [6, 6.07) is 12.5. The van der Waals surface area contributed by atoms with Crippen LogP contribution in [0.4, 0.5) is 0 Å².